The summed E-state index contributed by atoms with van der Waals surface area (Å²) < 4.78 is 7.67. The molecular formula is C28H33N5O3. The third kappa shape index (κ3) is 5.58. The number of fused-ring (bicyclic) bond motifs is 3. The molecule has 1 atom stereocenters. The number of para-hydroxylation sites is 1. The van der Waals surface area contributed by atoms with Crippen LogP contribution in [0.15, 0.2) is 61.2 Å². The first kappa shape index (κ1) is 24.0. The minimum Gasteiger partial charge on any atom is -0.492 e. The van der Waals surface area contributed by atoms with Crippen molar-refractivity contribution in [2.24, 2.45) is 0 Å². The summed E-state index contributed by atoms with van der Waals surface area (Å²) in [6, 6.07) is 15.9. The Labute approximate surface area is 211 Å². The number of benzene rings is 2. The summed E-state index contributed by atoms with van der Waals surface area (Å²) in [6.45, 7) is 2.12. The number of aryl methyl sites for hydroxylation is 1. The highest BCUT2D eigenvalue weighted by Gasteiger charge is 2.27. The van der Waals surface area contributed by atoms with Gasteiger partial charge in [0.15, 0.2) is 0 Å². The van der Waals surface area contributed by atoms with Crippen LogP contribution in [-0.2, 0) is 11.2 Å². The van der Waals surface area contributed by atoms with E-state index in [0.717, 1.165) is 38.0 Å². The van der Waals surface area contributed by atoms with Crippen LogP contribution >= 0.6 is 0 Å². The number of ether oxygens (including phenoxy) is 1. The number of hydrogen-bond acceptors (Lipinski definition) is 5. The van der Waals surface area contributed by atoms with Crippen molar-refractivity contribution < 1.29 is 14.3 Å². The van der Waals surface area contributed by atoms with E-state index in [1.165, 1.54) is 18.3 Å². The number of amides is 2. The highest BCUT2D eigenvalue weighted by molar-refractivity contribution is 5.97. The van der Waals surface area contributed by atoms with Gasteiger partial charge < -0.3 is 14.5 Å². The van der Waals surface area contributed by atoms with Crippen LogP contribution in [0.5, 0.6) is 5.75 Å². The highest BCUT2D eigenvalue weighted by atomic mass is 16.5. The summed E-state index contributed by atoms with van der Waals surface area (Å²) in [5.74, 6) is 0.912. The Hall–Kier alpha value is -3.68. The van der Waals surface area contributed by atoms with E-state index < -0.39 is 0 Å². The number of carbonyl (C=O) groups is 2. The number of rotatable bonds is 2. The molecule has 2 aromatic carbocycles. The van der Waals surface area contributed by atoms with E-state index in [0.29, 0.717) is 43.8 Å². The normalized spacial score (nSPS) is 19.6. The number of aromatic nitrogens is 3. The molecule has 1 unspecified atom stereocenters. The summed E-state index contributed by atoms with van der Waals surface area (Å²) >= 11 is 0. The molecule has 1 fully saturated rings. The highest BCUT2D eigenvalue weighted by Crippen LogP contribution is 2.24. The first-order chi connectivity index (χ1) is 17.7. The van der Waals surface area contributed by atoms with E-state index in [-0.39, 0.29) is 17.9 Å². The van der Waals surface area contributed by atoms with Crippen LogP contribution in [0.4, 0.5) is 0 Å². The average Bonchev–Trinajstić information content (AvgIpc) is 3.45. The lowest BCUT2D eigenvalue weighted by atomic mass is 9.95. The molecule has 188 valence electrons. The zero-order valence-corrected chi connectivity index (χ0v) is 20.6. The van der Waals surface area contributed by atoms with Crippen LogP contribution < -0.4 is 4.74 Å². The molecule has 2 aliphatic rings. The monoisotopic (exact) mass is 487 g/mol. The molecule has 0 aliphatic carbocycles. The van der Waals surface area contributed by atoms with Crippen molar-refractivity contribution >= 4 is 11.8 Å². The number of hydrogen-bond donors (Lipinski definition) is 0. The SMILES string of the molecule is O=C(c1ccccc1-n1cncn1)N1CCCC(=O)N2CCCCC2CCc2cccc(c2)OCC1. The van der Waals surface area contributed by atoms with E-state index in [9.17, 15) is 9.59 Å². The van der Waals surface area contributed by atoms with E-state index in [1.807, 2.05) is 36.4 Å². The molecule has 8 heteroatoms. The van der Waals surface area contributed by atoms with Crippen molar-refractivity contribution in [2.75, 3.05) is 26.2 Å². The van der Waals surface area contributed by atoms with Crippen molar-refractivity contribution in [3.05, 3.63) is 72.3 Å². The fourth-order valence-electron chi connectivity index (χ4n) is 5.26. The molecular weight excluding hydrogens is 454 g/mol. The molecule has 3 aromatic rings. The van der Waals surface area contributed by atoms with Gasteiger partial charge in [-0.25, -0.2) is 9.67 Å². The van der Waals surface area contributed by atoms with Gasteiger partial charge in [0.05, 0.1) is 17.8 Å². The first-order valence-electron chi connectivity index (χ1n) is 12.9. The van der Waals surface area contributed by atoms with Crippen molar-refractivity contribution in [3.8, 4) is 11.4 Å². The molecule has 2 aliphatic heterocycles. The maximum atomic E-state index is 13.7. The standard InChI is InChI=1S/C28H33N5O3/c34-27-12-6-15-31(28(35)25-10-1-2-11-26(25)33-21-29-20-30-33)17-18-36-24-9-5-7-22(19-24)13-14-23-8-3-4-16-32(23)27/h1-2,5,7,9-11,19-21,23H,3-4,6,8,12-18H2. The van der Waals surface area contributed by atoms with Crippen LogP contribution in [0.2, 0.25) is 0 Å². The Morgan fingerprint density at radius 1 is 0.944 bits per heavy atom. The van der Waals surface area contributed by atoms with Crippen LogP contribution in [-0.4, -0.2) is 68.7 Å². The molecule has 1 saturated heterocycles. The molecule has 1 aromatic heterocycles. The van der Waals surface area contributed by atoms with Crippen LogP contribution in [0.3, 0.4) is 0 Å². The number of piperidine rings is 1. The van der Waals surface area contributed by atoms with Gasteiger partial charge in [-0.1, -0.05) is 24.3 Å². The lowest BCUT2D eigenvalue weighted by molar-refractivity contribution is -0.135. The summed E-state index contributed by atoms with van der Waals surface area (Å²) in [5, 5.41) is 4.21. The Morgan fingerprint density at radius 3 is 2.75 bits per heavy atom. The molecule has 8 nitrogen and oxygen atoms in total. The zero-order valence-electron chi connectivity index (χ0n) is 20.6. The number of nitrogens with zero attached hydrogens (tertiary/aromatic N) is 5. The predicted octanol–water partition coefficient (Wildman–Crippen LogP) is 3.90. The second-order valence-electron chi connectivity index (χ2n) is 9.52. The second-order valence-corrected chi connectivity index (χ2v) is 9.52. The topological polar surface area (TPSA) is 80.6 Å². The Balaban J connectivity index is 1.38. The fraction of sp³-hybridized carbons (Fsp3) is 0.429. The Kier molecular flexibility index (Phi) is 7.59. The third-order valence-electron chi connectivity index (χ3n) is 7.15. The predicted molar refractivity (Wildman–Crippen MR) is 136 cm³/mol. The maximum Gasteiger partial charge on any atom is 0.256 e. The van der Waals surface area contributed by atoms with Crippen LogP contribution in [0.25, 0.3) is 5.69 Å². The molecule has 2 bridgehead atoms. The minimum absolute atomic E-state index is 0.105. The summed E-state index contributed by atoms with van der Waals surface area (Å²) in [5.41, 5.74) is 2.44. The van der Waals surface area contributed by atoms with Gasteiger partial charge in [0, 0.05) is 25.6 Å². The molecule has 5 rings (SSSR count). The van der Waals surface area contributed by atoms with Gasteiger partial charge in [0.25, 0.3) is 5.91 Å². The van der Waals surface area contributed by atoms with E-state index in [4.69, 9.17) is 4.74 Å². The minimum atomic E-state index is -0.105. The lowest BCUT2D eigenvalue weighted by Gasteiger charge is -2.36. The van der Waals surface area contributed by atoms with E-state index in [2.05, 4.69) is 27.1 Å². The van der Waals surface area contributed by atoms with Gasteiger partial charge in [0.2, 0.25) is 5.91 Å². The van der Waals surface area contributed by atoms with Crippen molar-refractivity contribution in [1.29, 1.82) is 0 Å². The van der Waals surface area contributed by atoms with Gasteiger partial charge in [-0.15, -0.1) is 0 Å². The molecule has 0 saturated carbocycles. The second kappa shape index (κ2) is 11.4. The molecule has 2 amide bonds. The smallest absolute Gasteiger partial charge is 0.256 e. The number of carbonyl (C=O) groups excluding carboxylic acids is 2. The molecule has 0 radical (unpaired) electrons. The van der Waals surface area contributed by atoms with E-state index in [1.54, 1.807) is 15.9 Å². The van der Waals surface area contributed by atoms with Crippen molar-refractivity contribution in [1.82, 2.24) is 24.6 Å². The van der Waals surface area contributed by atoms with Crippen LogP contribution in [0.1, 0.15) is 54.4 Å². The average molecular weight is 488 g/mol. The zero-order chi connectivity index (χ0) is 24.7. The van der Waals surface area contributed by atoms with Gasteiger partial charge in [-0.2, -0.15) is 5.10 Å². The molecule has 0 spiro atoms. The van der Waals surface area contributed by atoms with Crippen molar-refractivity contribution in [2.45, 2.75) is 51.0 Å². The molecule has 36 heavy (non-hydrogen) atoms. The van der Waals surface area contributed by atoms with E-state index >= 15 is 0 Å². The van der Waals surface area contributed by atoms with Gasteiger partial charge in [0.1, 0.15) is 25.0 Å². The largest absolute Gasteiger partial charge is 0.492 e. The fourth-order valence-corrected chi connectivity index (χ4v) is 5.26. The maximum absolute atomic E-state index is 13.7. The van der Waals surface area contributed by atoms with Crippen molar-refractivity contribution in [3.63, 3.8) is 0 Å². The summed E-state index contributed by atoms with van der Waals surface area (Å²) in [7, 11) is 0. The molecule has 0 N–H and O–H groups in total. The quantitative estimate of drug-likeness (QED) is 0.548. The molecule has 3 heterocycles. The Morgan fingerprint density at radius 2 is 1.86 bits per heavy atom. The van der Waals surface area contributed by atoms with Gasteiger partial charge >= 0.3 is 0 Å². The summed E-state index contributed by atoms with van der Waals surface area (Å²) in [6.07, 6.45) is 9.29. The van der Waals surface area contributed by atoms with Gasteiger partial charge in [-0.3, -0.25) is 9.59 Å². The third-order valence-corrected chi connectivity index (χ3v) is 7.15. The first-order valence-corrected chi connectivity index (χ1v) is 12.9. The summed E-state index contributed by atoms with van der Waals surface area (Å²) in [4.78, 5) is 34.8. The van der Waals surface area contributed by atoms with Gasteiger partial charge in [-0.05, 0) is 68.4 Å². The Bertz CT molecular complexity index is 1180. The lowest BCUT2D eigenvalue weighted by Crippen LogP contribution is -2.44. The van der Waals surface area contributed by atoms with Crippen LogP contribution in [0, 0.1) is 0 Å².